The van der Waals surface area contributed by atoms with Gasteiger partial charge >= 0.3 is 12.0 Å². The third kappa shape index (κ3) is 4.28. The summed E-state index contributed by atoms with van der Waals surface area (Å²) in [6.07, 6.45) is 1.79. The van der Waals surface area contributed by atoms with Crippen molar-refractivity contribution in [2.24, 2.45) is 0 Å². The number of carbonyl (C=O) groups excluding carboxylic acids is 2. The number of hydrogen-bond donors (Lipinski definition) is 1. The van der Waals surface area contributed by atoms with Crippen LogP contribution in [0.4, 0.5) is 4.79 Å². The number of methoxy groups -OCH3 is 1. The summed E-state index contributed by atoms with van der Waals surface area (Å²) in [5, 5.41) is 15.8. The second-order valence-corrected chi connectivity index (χ2v) is 9.19. The van der Waals surface area contributed by atoms with Gasteiger partial charge in [-0.2, -0.15) is 4.68 Å². The van der Waals surface area contributed by atoms with Crippen molar-refractivity contribution in [3.63, 3.8) is 0 Å². The maximum Gasteiger partial charge on any atom is 0.338 e. The fourth-order valence-electron chi connectivity index (χ4n) is 4.12. The predicted molar refractivity (Wildman–Crippen MR) is 126 cm³/mol. The molecule has 1 N–H and O–H groups in total. The van der Waals surface area contributed by atoms with Crippen LogP contribution < -0.4 is 5.32 Å². The Kier molecular flexibility index (Phi) is 6.06. The highest BCUT2D eigenvalue weighted by atomic mass is 32.2. The number of tetrazole rings is 1. The topological polar surface area (TPSA) is 102 Å². The predicted octanol–water partition coefficient (Wildman–Crippen LogP) is 3.42. The summed E-state index contributed by atoms with van der Waals surface area (Å²) in [6.45, 7) is 2.01. The van der Waals surface area contributed by atoms with Gasteiger partial charge in [0.1, 0.15) is 0 Å². The van der Waals surface area contributed by atoms with Crippen LogP contribution in [0, 0.1) is 6.92 Å². The van der Waals surface area contributed by atoms with Crippen LogP contribution in [0.5, 0.6) is 0 Å². The maximum absolute atomic E-state index is 13.2. The van der Waals surface area contributed by atoms with Crippen LogP contribution in [0.25, 0.3) is 5.69 Å². The number of rotatable bonds is 7. The molecule has 2 amide bonds. The molecule has 1 fully saturated rings. The molecule has 2 heterocycles. The lowest BCUT2D eigenvalue weighted by molar-refractivity contribution is -0.136. The van der Waals surface area contributed by atoms with Gasteiger partial charge in [0.05, 0.1) is 24.4 Å². The number of thioether (sulfide) groups is 1. The third-order valence-corrected chi connectivity index (χ3v) is 6.78. The Morgan fingerprint density at radius 2 is 1.97 bits per heavy atom. The number of nitrogens with one attached hydrogen (secondary N) is 1. The molecular formula is C24H24N6O3S. The molecule has 0 saturated heterocycles. The van der Waals surface area contributed by atoms with E-state index >= 15 is 0 Å². The number of benzene rings is 2. The highest BCUT2D eigenvalue weighted by Gasteiger charge is 2.44. The van der Waals surface area contributed by atoms with Gasteiger partial charge in [-0.05, 0) is 53.5 Å². The number of hydrogen-bond acceptors (Lipinski definition) is 7. The number of ether oxygens (including phenoxy) is 1. The summed E-state index contributed by atoms with van der Waals surface area (Å²) in [7, 11) is 1.36. The zero-order valence-corrected chi connectivity index (χ0v) is 19.7. The summed E-state index contributed by atoms with van der Waals surface area (Å²) in [5.41, 5.74) is 3.82. The minimum Gasteiger partial charge on any atom is -0.466 e. The van der Waals surface area contributed by atoms with Crippen LogP contribution in [0.15, 0.2) is 71.0 Å². The van der Waals surface area contributed by atoms with Crippen molar-refractivity contribution in [2.45, 2.75) is 37.0 Å². The molecule has 10 heteroatoms. The van der Waals surface area contributed by atoms with E-state index in [1.165, 1.54) is 18.9 Å². The number of aryl methyl sites for hydroxylation is 1. The summed E-state index contributed by atoms with van der Waals surface area (Å²) in [5.74, 6) is -0.127. The third-order valence-electron chi connectivity index (χ3n) is 5.85. The Morgan fingerprint density at radius 3 is 2.68 bits per heavy atom. The Bertz CT molecular complexity index is 1250. The molecule has 1 aromatic heterocycles. The Labute approximate surface area is 201 Å². The Balaban J connectivity index is 1.54. The quantitative estimate of drug-likeness (QED) is 0.412. The summed E-state index contributed by atoms with van der Waals surface area (Å²) < 4.78 is 6.83. The van der Waals surface area contributed by atoms with Crippen LogP contribution in [-0.4, -0.2) is 56.0 Å². The van der Waals surface area contributed by atoms with Crippen LogP contribution in [-0.2, 0) is 9.53 Å². The summed E-state index contributed by atoms with van der Waals surface area (Å²) in [4.78, 5) is 27.9. The summed E-state index contributed by atoms with van der Waals surface area (Å²) >= 11 is 1.38. The number of amides is 2. The van der Waals surface area contributed by atoms with Gasteiger partial charge in [-0.15, -0.1) is 5.10 Å². The standard InChI is InChI=1S/C24H24N6O3S/c1-15-7-6-10-18(13-15)30-24(26-27-28-30)34-14-19-20(22(31)33-2)21(16-8-4-3-5-9-16)25-23(32)29(19)17-11-12-17/h3-10,13,17,21H,11-12,14H2,1-2H3,(H,25,32). The lowest BCUT2D eigenvalue weighted by atomic mass is 9.95. The molecular weight excluding hydrogens is 452 g/mol. The monoisotopic (exact) mass is 476 g/mol. The van der Waals surface area contributed by atoms with Crippen molar-refractivity contribution in [3.8, 4) is 5.69 Å². The van der Waals surface area contributed by atoms with E-state index in [2.05, 4.69) is 20.8 Å². The van der Waals surface area contributed by atoms with Gasteiger partial charge in [0.2, 0.25) is 5.16 Å². The van der Waals surface area contributed by atoms with Crippen LogP contribution in [0.1, 0.15) is 30.0 Å². The van der Waals surface area contributed by atoms with E-state index in [0.29, 0.717) is 22.2 Å². The Hall–Kier alpha value is -3.66. The van der Waals surface area contributed by atoms with Crippen LogP contribution in [0.3, 0.4) is 0 Å². The number of nitrogens with zero attached hydrogens (tertiary/aromatic N) is 5. The Morgan fingerprint density at radius 1 is 1.18 bits per heavy atom. The normalized spacial score (nSPS) is 18.1. The average molecular weight is 477 g/mol. The molecule has 2 aromatic carbocycles. The number of urea groups is 1. The molecule has 9 nitrogen and oxygen atoms in total. The van der Waals surface area contributed by atoms with Crippen molar-refractivity contribution < 1.29 is 14.3 Å². The smallest absolute Gasteiger partial charge is 0.338 e. The van der Waals surface area contributed by atoms with E-state index in [0.717, 1.165) is 29.7 Å². The molecule has 1 atom stereocenters. The first-order chi connectivity index (χ1) is 16.6. The lowest BCUT2D eigenvalue weighted by Gasteiger charge is -2.36. The second-order valence-electron chi connectivity index (χ2n) is 8.25. The van der Waals surface area contributed by atoms with Crippen molar-refractivity contribution in [1.82, 2.24) is 30.4 Å². The minimum atomic E-state index is -0.598. The van der Waals surface area contributed by atoms with Gasteiger partial charge < -0.3 is 10.1 Å². The van der Waals surface area contributed by atoms with E-state index in [9.17, 15) is 9.59 Å². The molecule has 3 aromatic rings. The molecule has 0 radical (unpaired) electrons. The van der Waals surface area contributed by atoms with Gasteiger partial charge in [0.25, 0.3) is 0 Å². The molecule has 0 spiro atoms. The van der Waals surface area contributed by atoms with E-state index < -0.39 is 12.0 Å². The van der Waals surface area contributed by atoms with Gasteiger partial charge in [0, 0.05) is 17.5 Å². The molecule has 2 aliphatic rings. The van der Waals surface area contributed by atoms with Crippen LogP contribution in [0.2, 0.25) is 0 Å². The number of carbonyl (C=O) groups is 2. The zero-order valence-electron chi connectivity index (χ0n) is 18.8. The molecule has 174 valence electrons. The van der Waals surface area contributed by atoms with Gasteiger partial charge in [-0.25, -0.2) is 9.59 Å². The van der Waals surface area contributed by atoms with Crippen molar-refractivity contribution >= 4 is 23.8 Å². The molecule has 1 unspecified atom stereocenters. The van der Waals surface area contributed by atoms with Gasteiger partial charge in [-0.3, -0.25) is 4.90 Å². The molecule has 0 bridgehead atoms. The SMILES string of the molecule is COC(=O)C1=C(CSc2nnnn2-c2cccc(C)c2)N(C2CC2)C(=O)NC1c1ccccc1. The highest BCUT2D eigenvalue weighted by molar-refractivity contribution is 7.99. The average Bonchev–Trinajstić information content (AvgIpc) is 3.58. The molecule has 1 aliphatic heterocycles. The maximum atomic E-state index is 13.2. The van der Waals surface area contributed by atoms with E-state index in [1.807, 2.05) is 61.5 Å². The molecule has 1 saturated carbocycles. The van der Waals surface area contributed by atoms with Crippen molar-refractivity contribution in [1.29, 1.82) is 0 Å². The van der Waals surface area contributed by atoms with E-state index in [4.69, 9.17) is 4.74 Å². The van der Waals surface area contributed by atoms with Crippen LogP contribution >= 0.6 is 11.8 Å². The number of esters is 1. The largest absolute Gasteiger partial charge is 0.466 e. The molecule has 1 aliphatic carbocycles. The minimum absolute atomic E-state index is 0.0692. The van der Waals surface area contributed by atoms with Crippen molar-refractivity contribution in [3.05, 3.63) is 77.0 Å². The first-order valence-electron chi connectivity index (χ1n) is 11.0. The van der Waals surface area contributed by atoms with E-state index in [1.54, 1.807) is 9.58 Å². The summed E-state index contributed by atoms with van der Waals surface area (Å²) in [6, 6.07) is 16.6. The lowest BCUT2D eigenvalue weighted by Crippen LogP contribution is -2.50. The molecule has 5 rings (SSSR count). The first-order valence-corrected chi connectivity index (χ1v) is 12.0. The van der Waals surface area contributed by atoms with Gasteiger partial charge in [-0.1, -0.05) is 54.2 Å². The van der Waals surface area contributed by atoms with Gasteiger partial charge in [0.15, 0.2) is 0 Å². The highest BCUT2D eigenvalue weighted by Crippen LogP contribution is 2.40. The molecule has 34 heavy (non-hydrogen) atoms. The fourth-order valence-corrected chi connectivity index (χ4v) is 5.03. The zero-order chi connectivity index (χ0) is 23.7. The van der Waals surface area contributed by atoms with E-state index in [-0.39, 0.29) is 12.1 Å². The second kappa shape index (κ2) is 9.30. The fraction of sp³-hybridized carbons (Fsp3) is 0.292. The van der Waals surface area contributed by atoms with Crippen molar-refractivity contribution in [2.75, 3.05) is 12.9 Å². The number of aromatic nitrogens is 4. The first kappa shape index (κ1) is 22.1.